The maximum atomic E-state index is 2.63. The second kappa shape index (κ2) is 11.4. The van der Waals surface area contributed by atoms with Gasteiger partial charge in [0.15, 0.2) is 0 Å². The van der Waals surface area contributed by atoms with Gasteiger partial charge >= 0.3 is 149 Å². The van der Waals surface area contributed by atoms with E-state index >= 15 is 0 Å². The molecule has 0 saturated carbocycles. The number of hydrogen-bond donors (Lipinski definition) is 0. The minimum Gasteiger partial charge on any atom is -1.00 e. The monoisotopic (exact) mass is 478 g/mol. The molecule has 0 saturated heterocycles. The molecule has 0 fully saturated rings. The van der Waals surface area contributed by atoms with Crippen LogP contribution in [0.15, 0.2) is 42.6 Å². The molecule has 0 aromatic heterocycles. The fraction of sp³-hybridized carbons (Fsp3) is 0.526. The van der Waals surface area contributed by atoms with Gasteiger partial charge in [0.1, 0.15) is 0 Å². The van der Waals surface area contributed by atoms with Gasteiger partial charge in [0.05, 0.1) is 0 Å². The van der Waals surface area contributed by atoms with Crippen LogP contribution in [0.4, 0.5) is 0 Å². The normalized spacial score (nSPS) is 14.6. The summed E-state index contributed by atoms with van der Waals surface area (Å²) in [6.07, 6.45) is 13.4. The third-order valence-electron chi connectivity index (χ3n) is 3.58. The molecule has 0 aromatic carbocycles. The molecule has 0 radical (unpaired) electrons. The van der Waals surface area contributed by atoms with Crippen molar-refractivity contribution in [3.8, 4) is 0 Å². The van der Waals surface area contributed by atoms with Gasteiger partial charge in [0, 0.05) is 0 Å². The van der Waals surface area contributed by atoms with Gasteiger partial charge in [-0.3, -0.25) is 0 Å². The maximum absolute atomic E-state index is 2.63. The van der Waals surface area contributed by atoms with Crippen molar-refractivity contribution in [1.29, 1.82) is 0 Å². The van der Waals surface area contributed by atoms with Gasteiger partial charge in [-0.05, 0) is 0 Å². The topological polar surface area (TPSA) is 0 Å². The minimum atomic E-state index is -1.79. The van der Waals surface area contributed by atoms with Crippen LogP contribution in [0.25, 0.3) is 0 Å². The molecule has 1 aliphatic rings. The van der Waals surface area contributed by atoms with E-state index in [1.165, 1.54) is 12.5 Å². The quantitative estimate of drug-likeness (QED) is 0.380. The molecule has 136 valence electrons. The predicted molar refractivity (Wildman–Crippen MR) is 107 cm³/mol. The van der Waals surface area contributed by atoms with Crippen molar-refractivity contribution in [1.82, 2.24) is 0 Å². The maximum Gasteiger partial charge on any atom is -1.00 e. The first-order valence-electron chi connectivity index (χ1n) is 8.43. The summed E-state index contributed by atoms with van der Waals surface area (Å²) in [5.41, 5.74) is 2.55. The summed E-state index contributed by atoms with van der Waals surface area (Å²) >= 11 is -1.79. The van der Waals surface area contributed by atoms with Crippen LogP contribution in [0.3, 0.4) is 0 Å². The predicted octanol–water partition coefficient (Wildman–Crippen LogP) is 0.324. The van der Waals surface area contributed by atoms with E-state index in [1.807, 2.05) is 0 Å². The number of rotatable bonds is 6. The molecule has 0 unspecified atom stereocenters. The summed E-state index contributed by atoms with van der Waals surface area (Å²) in [7, 11) is -2.16. The summed E-state index contributed by atoms with van der Waals surface area (Å²) in [4.78, 5) is 0. The molecule has 0 aromatic rings. The van der Waals surface area contributed by atoms with E-state index < -0.39 is 37.4 Å². The van der Waals surface area contributed by atoms with Crippen LogP contribution in [0.5, 0.6) is 0 Å². The Morgan fingerprint density at radius 3 is 2.04 bits per heavy atom. The van der Waals surface area contributed by atoms with Crippen molar-refractivity contribution in [3.05, 3.63) is 42.6 Å². The average molecular weight is 481 g/mol. The molecule has 0 bridgehead atoms. The van der Waals surface area contributed by atoms with E-state index in [0.717, 1.165) is 0 Å². The van der Waals surface area contributed by atoms with E-state index in [-0.39, 0.29) is 24.8 Å². The van der Waals surface area contributed by atoms with Crippen molar-refractivity contribution in [3.63, 3.8) is 0 Å². The van der Waals surface area contributed by atoms with E-state index in [0.29, 0.717) is 0 Å². The summed E-state index contributed by atoms with van der Waals surface area (Å²) in [6, 6.07) is 1.32. The summed E-state index contributed by atoms with van der Waals surface area (Å²) in [6.45, 7) is 19.5. The zero-order chi connectivity index (χ0) is 17.0. The fourth-order valence-electron chi connectivity index (χ4n) is 2.44. The van der Waals surface area contributed by atoms with Gasteiger partial charge in [-0.25, -0.2) is 0 Å². The SMILES string of the molecule is C[C](C)=[Zr+2]([C]1=CC=CC1)[C](=C\C[Si](C)(C)C)/C=C/[Si](C)(C)C.[Cl-].[Cl-]. The van der Waals surface area contributed by atoms with Gasteiger partial charge in [0.2, 0.25) is 0 Å². The molecule has 0 atom stereocenters. The van der Waals surface area contributed by atoms with E-state index in [9.17, 15) is 0 Å². The Morgan fingerprint density at radius 2 is 1.67 bits per heavy atom. The number of halogens is 2. The van der Waals surface area contributed by atoms with Gasteiger partial charge in [-0.1, -0.05) is 0 Å². The summed E-state index contributed by atoms with van der Waals surface area (Å²) in [5.74, 6) is 0. The molecule has 5 heteroatoms. The molecule has 0 aliphatic heterocycles. The third kappa shape index (κ3) is 10.7. The largest absolute Gasteiger partial charge is 1.00 e. The molecular formula is C19H34Cl2Si2Zr. The zero-order valence-electron chi connectivity index (χ0n) is 16.6. The van der Waals surface area contributed by atoms with E-state index in [1.54, 1.807) is 9.77 Å². The van der Waals surface area contributed by atoms with Crippen LogP contribution in [0.2, 0.25) is 45.3 Å². The van der Waals surface area contributed by atoms with E-state index in [2.05, 4.69) is 89.2 Å². The average Bonchev–Trinajstić information content (AvgIpc) is 2.83. The first kappa shape index (κ1) is 27.0. The molecule has 1 aliphatic carbocycles. The molecule has 0 nitrogen and oxygen atoms in total. The van der Waals surface area contributed by atoms with Gasteiger partial charge in [-0.15, -0.1) is 0 Å². The standard InChI is InChI=1S/C11H23Si2.C5H5.C3H6.2ClH.Zr/c1-12(2,3)10-8-7-9-11-13(4,5)6;1-2-4-5-3-1;1-3-2;;;/h8-10H,11H2,1-6H3;1-3H,4H2;1-2H3;2*1H;/q;;;;;+2/p-2/b9-7?,10-8+;;;;;. The van der Waals surface area contributed by atoms with Crippen LogP contribution in [0.1, 0.15) is 20.3 Å². The Kier molecular flexibility index (Phi) is 12.8. The molecule has 24 heavy (non-hydrogen) atoms. The summed E-state index contributed by atoms with van der Waals surface area (Å²) < 4.78 is 5.19. The van der Waals surface area contributed by atoms with Crippen LogP contribution >= 0.6 is 0 Å². The molecule has 0 spiro atoms. The Bertz CT molecular complexity index is 553. The van der Waals surface area contributed by atoms with Crippen molar-refractivity contribution in [2.75, 3.05) is 0 Å². The number of hydrogen-bond acceptors (Lipinski definition) is 0. The van der Waals surface area contributed by atoms with Crippen LogP contribution in [0, 0.1) is 0 Å². The number of allylic oxidation sites excluding steroid dienone is 7. The minimum absolute atomic E-state index is 0. The molecule has 0 heterocycles. The van der Waals surface area contributed by atoms with Gasteiger partial charge in [-0.2, -0.15) is 0 Å². The van der Waals surface area contributed by atoms with Gasteiger partial charge < -0.3 is 24.8 Å². The zero-order valence-corrected chi connectivity index (χ0v) is 22.6. The molecule has 0 N–H and O–H groups in total. The van der Waals surface area contributed by atoms with Crippen LogP contribution < -0.4 is 24.8 Å². The van der Waals surface area contributed by atoms with Crippen molar-refractivity contribution >= 4 is 19.4 Å². The Morgan fingerprint density at radius 1 is 1.08 bits per heavy atom. The second-order valence-electron chi connectivity index (χ2n) is 8.82. The third-order valence-corrected chi connectivity index (χ3v) is 13.5. The Labute approximate surface area is 172 Å². The first-order chi connectivity index (χ1) is 9.99. The smallest absolute Gasteiger partial charge is 1.00 e. The van der Waals surface area contributed by atoms with Crippen LogP contribution in [-0.4, -0.2) is 19.4 Å². The Hall–Kier alpha value is 0.727. The van der Waals surface area contributed by atoms with Crippen LogP contribution in [-0.2, 0) is 21.3 Å². The first-order valence-corrected chi connectivity index (χ1v) is 19.4. The van der Waals surface area contributed by atoms with E-state index in [4.69, 9.17) is 0 Å². The molecular weight excluding hydrogens is 447 g/mol. The summed E-state index contributed by atoms with van der Waals surface area (Å²) in [5, 5.41) is 0. The second-order valence-corrected chi connectivity index (χ2v) is 26.7. The fourth-order valence-corrected chi connectivity index (χ4v) is 11.6. The van der Waals surface area contributed by atoms with Crippen molar-refractivity contribution in [2.24, 2.45) is 0 Å². The molecule has 0 amide bonds. The van der Waals surface area contributed by atoms with Crippen molar-refractivity contribution in [2.45, 2.75) is 65.6 Å². The molecule has 1 rings (SSSR count). The van der Waals surface area contributed by atoms with Crippen molar-refractivity contribution < 1.29 is 46.1 Å². The Balaban J connectivity index is 0. The van der Waals surface area contributed by atoms with Gasteiger partial charge in [0.25, 0.3) is 0 Å².